The van der Waals surface area contributed by atoms with Crippen molar-refractivity contribution in [3.05, 3.63) is 29.3 Å². The number of nitrogens with one attached hydrogen (secondary N) is 1. The third kappa shape index (κ3) is 2.27. The lowest BCUT2D eigenvalue weighted by molar-refractivity contribution is -0.126. The lowest BCUT2D eigenvalue weighted by Gasteiger charge is -2.16. The van der Waals surface area contributed by atoms with Crippen molar-refractivity contribution in [2.75, 3.05) is 16.8 Å². The average molecular weight is 311 g/mol. The summed E-state index contributed by atoms with van der Waals surface area (Å²) in [5.74, 6) is -0.258. The molecule has 0 unspecified atom stereocenters. The summed E-state index contributed by atoms with van der Waals surface area (Å²) in [5, 5.41) is 3.43. The van der Waals surface area contributed by atoms with Crippen LogP contribution in [0.25, 0.3) is 0 Å². The van der Waals surface area contributed by atoms with Crippen molar-refractivity contribution in [3.63, 3.8) is 0 Å². The van der Waals surface area contributed by atoms with Crippen molar-refractivity contribution in [1.82, 2.24) is 5.32 Å². The van der Waals surface area contributed by atoms with E-state index in [2.05, 4.69) is 21.2 Å². The van der Waals surface area contributed by atoms with E-state index in [1.807, 2.05) is 25.1 Å². The lowest BCUT2D eigenvalue weighted by atomic mass is 10.1. The van der Waals surface area contributed by atoms with E-state index in [0.29, 0.717) is 11.9 Å². The van der Waals surface area contributed by atoms with Crippen molar-refractivity contribution in [2.45, 2.75) is 19.9 Å². The molecule has 0 fully saturated rings. The Morgan fingerprint density at radius 2 is 2.22 bits per heavy atom. The van der Waals surface area contributed by atoms with Crippen LogP contribution in [-0.2, 0) is 9.59 Å². The van der Waals surface area contributed by atoms with E-state index in [4.69, 9.17) is 0 Å². The molecule has 1 aliphatic heterocycles. The Labute approximate surface area is 114 Å². The van der Waals surface area contributed by atoms with Gasteiger partial charge in [-0.1, -0.05) is 33.6 Å². The largest absolute Gasteiger partial charge is 0.341 e. The topological polar surface area (TPSA) is 49.4 Å². The summed E-state index contributed by atoms with van der Waals surface area (Å²) in [7, 11) is 0. The van der Waals surface area contributed by atoms with E-state index in [9.17, 15) is 9.59 Å². The minimum Gasteiger partial charge on any atom is -0.341 e. The minimum absolute atomic E-state index is 0.0646. The molecule has 0 radical (unpaired) electrons. The van der Waals surface area contributed by atoms with Gasteiger partial charge in [0.25, 0.3) is 5.91 Å². The van der Waals surface area contributed by atoms with Gasteiger partial charge in [-0.3, -0.25) is 9.59 Å². The molecule has 0 aromatic heterocycles. The zero-order chi connectivity index (χ0) is 13.3. The van der Waals surface area contributed by atoms with Gasteiger partial charge in [0.1, 0.15) is 6.04 Å². The van der Waals surface area contributed by atoms with Crippen molar-refractivity contribution in [3.8, 4) is 0 Å². The first-order chi connectivity index (χ1) is 8.54. The first-order valence-electron chi connectivity index (χ1n) is 5.79. The van der Waals surface area contributed by atoms with Crippen LogP contribution in [0.15, 0.2) is 18.2 Å². The zero-order valence-electron chi connectivity index (χ0n) is 10.4. The molecule has 0 bridgehead atoms. The van der Waals surface area contributed by atoms with E-state index in [0.717, 1.165) is 16.8 Å². The van der Waals surface area contributed by atoms with Crippen LogP contribution in [0.1, 0.15) is 24.1 Å². The van der Waals surface area contributed by atoms with Gasteiger partial charge in [0.15, 0.2) is 0 Å². The quantitative estimate of drug-likeness (QED) is 0.867. The molecule has 0 aliphatic carbocycles. The van der Waals surface area contributed by atoms with Crippen LogP contribution >= 0.6 is 15.9 Å². The second-order valence-electron chi connectivity index (χ2n) is 4.37. The molecule has 96 valence electrons. The predicted molar refractivity (Wildman–Crippen MR) is 73.9 cm³/mol. The Balaban J connectivity index is 2.43. The van der Waals surface area contributed by atoms with E-state index in [1.165, 1.54) is 6.92 Å². The van der Waals surface area contributed by atoms with Gasteiger partial charge in [0.05, 0.1) is 0 Å². The van der Waals surface area contributed by atoms with Crippen molar-refractivity contribution in [1.29, 1.82) is 0 Å². The Bertz CT molecular complexity index is 502. The minimum atomic E-state index is -0.545. The van der Waals surface area contributed by atoms with Crippen LogP contribution in [0.5, 0.6) is 0 Å². The smallest absolute Gasteiger partial charge is 0.254 e. The second kappa shape index (κ2) is 5.10. The molecule has 0 saturated heterocycles. The predicted octanol–water partition coefficient (Wildman–Crippen LogP) is 1.91. The van der Waals surface area contributed by atoms with Gasteiger partial charge < -0.3 is 10.2 Å². The zero-order valence-corrected chi connectivity index (χ0v) is 12.0. The van der Waals surface area contributed by atoms with Gasteiger partial charge in [-0.25, -0.2) is 0 Å². The van der Waals surface area contributed by atoms with E-state index in [-0.39, 0.29) is 11.8 Å². The molecule has 0 saturated carbocycles. The summed E-state index contributed by atoms with van der Waals surface area (Å²) in [4.78, 5) is 25.2. The molecule has 1 aromatic rings. The third-order valence-corrected chi connectivity index (χ3v) is 3.31. The van der Waals surface area contributed by atoms with Crippen molar-refractivity contribution < 1.29 is 9.59 Å². The van der Waals surface area contributed by atoms with Crippen LogP contribution in [0.2, 0.25) is 0 Å². The normalized spacial score (nSPS) is 17.8. The Morgan fingerprint density at radius 1 is 1.50 bits per heavy atom. The van der Waals surface area contributed by atoms with Crippen LogP contribution < -0.4 is 10.2 Å². The fourth-order valence-electron chi connectivity index (χ4n) is 2.22. The number of fused-ring (bicyclic) bond motifs is 1. The highest BCUT2D eigenvalue weighted by molar-refractivity contribution is 9.09. The van der Waals surface area contributed by atoms with Gasteiger partial charge >= 0.3 is 0 Å². The fraction of sp³-hybridized carbons (Fsp3) is 0.385. The highest BCUT2D eigenvalue weighted by Crippen LogP contribution is 2.36. The van der Waals surface area contributed by atoms with Crippen LogP contribution in [0.4, 0.5) is 5.69 Å². The van der Waals surface area contributed by atoms with Crippen molar-refractivity contribution >= 4 is 33.4 Å². The van der Waals surface area contributed by atoms with Gasteiger partial charge in [0, 0.05) is 30.0 Å². The maximum Gasteiger partial charge on any atom is 0.254 e. The van der Waals surface area contributed by atoms with Crippen molar-refractivity contribution in [2.24, 2.45) is 0 Å². The fourth-order valence-corrected chi connectivity index (χ4v) is 2.57. The molecule has 1 N–H and O–H groups in total. The Hall–Kier alpha value is -1.36. The number of carbonyl (C=O) groups is 2. The maximum atomic E-state index is 12.3. The molecule has 1 aromatic carbocycles. The number of hydrogen-bond donors (Lipinski definition) is 1. The number of amides is 2. The van der Waals surface area contributed by atoms with Gasteiger partial charge in [-0.05, 0) is 13.0 Å². The summed E-state index contributed by atoms with van der Waals surface area (Å²) in [6, 6.07) is 5.33. The van der Waals surface area contributed by atoms with Crippen LogP contribution in [-0.4, -0.2) is 23.7 Å². The highest BCUT2D eigenvalue weighted by atomic mass is 79.9. The standard InChI is InChI=1S/C13H15BrN2O2/c1-8-3-4-11-10(7-8)12(15-9(2)17)13(18)16(11)6-5-14/h3-4,7,12H,5-6H2,1-2H3,(H,15,17)/t12-/m0/s1. The molecule has 2 rings (SSSR count). The van der Waals surface area contributed by atoms with Gasteiger partial charge in [0.2, 0.25) is 5.91 Å². The molecule has 4 nitrogen and oxygen atoms in total. The molecular weight excluding hydrogens is 296 g/mol. The monoisotopic (exact) mass is 310 g/mol. The third-order valence-electron chi connectivity index (χ3n) is 2.95. The first-order valence-corrected chi connectivity index (χ1v) is 6.91. The number of anilines is 1. The van der Waals surface area contributed by atoms with Gasteiger partial charge in [-0.2, -0.15) is 0 Å². The molecule has 5 heteroatoms. The van der Waals surface area contributed by atoms with Gasteiger partial charge in [-0.15, -0.1) is 0 Å². The van der Waals surface area contributed by atoms with Crippen LogP contribution in [0.3, 0.4) is 0 Å². The molecule has 2 amide bonds. The molecule has 18 heavy (non-hydrogen) atoms. The summed E-state index contributed by atoms with van der Waals surface area (Å²) in [5.41, 5.74) is 2.86. The lowest BCUT2D eigenvalue weighted by Crippen LogP contribution is -2.37. The number of aryl methyl sites for hydroxylation is 1. The second-order valence-corrected chi connectivity index (χ2v) is 5.17. The molecule has 1 heterocycles. The van der Waals surface area contributed by atoms with Crippen LogP contribution in [0, 0.1) is 6.92 Å². The molecule has 1 atom stereocenters. The SMILES string of the molecule is CC(=O)N[C@@H]1C(=O)N(CCBr)c2ccc(C)cc21. The number of nitrogens with zero attached hydrogens (tertiary/aromatic N) is 1. The number of rotatable bonds is 3. The van der Waals surface area contributed by atoms with E-state index < -0.39 is 6.04 Å². The number of alkyl halides is 1. The average Bonchev–Trinajstić information content (AvgIpc) is 2.54. The van der Waals surface area contributed by atoms with E-state index in [1.54, 1.807) is 4.90 Å². The number of hydrogen-bond acceptors (Lipinski definition) is 2. The molecule has 1 aliphatic rings. The Kier molecular flexibility index (Phi) is 3.71. The maximum absolute atomic E-state index is 12.3. The number of benzene rings is 1. The molecular formula is C13H15BrN2O2. The highest BCUT2D eigenvalue weighted by Gasteiger charge is 2.37. The number of halogens is 1. The summed E-state index contributed by atoms with van der Waals surface area (Å²) in [6.45, 7) is 4.00. The first kappa shape index (κ1) is 13.1. The summed E-state index contributed by atoms with van der Waals surface area (Å²) in [6.07, 6.45) is 0. The number of carbonyl (C=O) groups excluding carboxylic acids is 2. The summed E-state index contributed by atoms with van der Waals surface area (Å²) < 4.78 is 0. The Morgan fingerprint density at radius 3 is 2.83 bits per heavy atom. The summed E-state index contributed by atoms with van der Waals surface area (Å²) >= 11 is 3.34. The van der Waals surface area contributed by atoms with E-state index >= 15 is 0 Å². The molecule has 0 spiro atoms.